The van der Waals surface area contributed by atoms with Crippen molar-refractivity contribution < 1.29 is 22.8 Å². The first-order valence-electron chi connectivity index (χ1n) is 5.65. The number of carbonyl (C=O) groups excluding carboxylic acids is 2. The number of nitrogens with one attached hydrogen (secondary N) is 1. The fourth-order valence-corrected chi connectivity index (χ4v) is 1.78. The van der Waals surface area contributed by atoms with Crippen molar-refractivity contribution in [3.8, 4) is 0 Å². The van der Waals surface area contributed by atoms with Crippen molar-refractivity contribution in [3.63, 3.8) is 0 Å². The summed E-state index contributed by atoms with van der Waals surface area (Å²) in [5.74, 6) is -1.07. The first-order valence-corrected chi connectivity index (χ1v) is 5.65. The zero-order valence-corrected chi connectivity index (χ0v) is 10.6. The van der Waals surface area contributed by atoms with Crippen molar-refractivity contribution >= 4 is 11.8 Å². The second-order valence-corrected chi connectivity index (χ2v) is 5.49. The van der Waals surface area contributed by atoms with E-state index in [-0.39, 0.29) is 13.0 Å². The van der Waals surface area contributed by atoms with E-state index in [1.165, 1.54) is 0 Å². The molecule has 0 saturated carbocycles. The molecule has 0 spiro atoms. The van der Waals surface area contributed by atoms with Crippen LogP contribution in [0.15, 0.2) is 0 Å². The third-order valence-electron chi connectivity index (χ3n) is 2.71. The van der Waals surface area contributed by atoms with Crippen LogP contribution in [-0.2, 0) is 9.59 Å². The molecule has 0 aromatic heterocycles. The van der Waals surface area contributed by atoms with Crippen LogP contribution in [0.3, 0.4) is 0 Å². The van der Waals surface area contributed by atoms with Gasteiger partial charge in [-0.15, -0.1) is 0 Å². The standard InChI is InChI=1S/C11H17F3N2O2/c1-10(2,3)8-9(18)16(6-11(12,13)14)5-4-7(17)15-8/h8H,4-6H2,1-3H3,(H,15,17). The molecule has 4 nitrogen and oxygen atoms in total. The maximum absolute atomic E-state index is 12.4. The van der Waals surface area contributed by atoms with Crippen LogP contribution in [0.1, 0.15) is 27.2 Å². The van der Waals surface area contributed by atoms with Gasteiger partial charge in [0.05, 0.1) is 0 Å². The van der Waals surface area contributed by atoms with Crippen LogP contribution >= 0.6 is 0 Å². The Kier molecular flexibility index (Phi) is 3.92. The maximum atomic E-state index is 12.4. The lowest BCUT2D eigenvalue weighted by Crippen LogP contribution is -2.53. The lowest BCUT2D eigenvalue weighted by molar-refractivity contribution is -0.163. The number of hydrogen-bond acceptors (Lipinski definition) is 2. The van der Waals surface area contributed by atoms with E-state index in [1.54, 1.807) is 20.8 Å². The van der Waals surface area contributed by atoms with E-state index in [0.29, 0.717) is 4.90 Å². The molecule has 1 unspecified atom stereocenters. The van der Waals surface area contributed by atoms with Gasteiger partial charge in [-0.25, -0.2) is 0 Å². The molecule has 0 radical (unpaired) electrons. The highest BCUT2D eigenvalue weighted by Gasteiger charge is 2.41. The maximum Gasteiger partial charge on any atom is 0.406 e. The number of rotatable bonds is 1. The average Bonchev–Trinajstić information content (AvgIpc) is 2.27. The van der Waals surface area contributed by atoms with Gasteiger partial charge in [0.15, 0.2) is 0 Å². The zero-order valence-electron chi connectivity index (χ0n) is 10.6. The predicted octanol–water partition coefficient (Wildman–Crippen LogP) is 1.31. The molecule has 1 fully saturated rings. The summed E-state index contributed by atoms with van der Waals surface area (Å²) < 4.78 is 37.1. The van der Waals surface area contributed by atoms with Crippen molar-refractivity contribution in [3.05, 3.63) is 0 Å². The minimum atomic E-state index is -4.45. The molecule has 7 heteroatoms. The fourth-order valence-electron chi connectivity index (χ4n) is 1.78. The Bertz CT molecular complexity index is 347. The summed E-state index contributed by atoms with van der Waals surface area (Å²) in [4.78, 5) is 24.2. The van der Waals surface area contributed by atoms with Gasteiger partial charge in [0, 0.05) is 13.0 Å². The number of alkyl halides is 3. The van der Waals surface area contributed by atoms with Crippen LogP contribution in [0.2, 0.25) is 0 Å². The minimum absolute atomic E-state index is 0.103. The first-order chi connectivity index (χ1) is 8.00. The molecule has 1 aliphatic heterocycles. The van der Waals surface area contributed by atoms with Gasteiger partial charge in [0.1, 0.15) is 12.6 Å². The van der Waals surface area contributed by atoms with Crippen LogP contribution in [0.5, 0.6) is 0 Å². The summed E-state index contributed by atoms with van der Waals surface area (Å²) in [6.45, 7) is 3.59. The molecule has 104 valence electrons. The second kappa shape index (κ2) is 4.78. The molecular weight excluding hydrogens is 249 g/mol. The van der Waals surface area contributed by atoms with E-state index < -0.39 is 36.0 Å². The Hall–Kier alpha value is -1.27. The summed E-state index contributed by atoms with van der Waals surface area (Å²) in [5, 5.41) is 2.49. The number of amides is 2. The number of carbonyl (C=O) groups is 2. The quantitative estimate of drug-likeness (QED) is 0.778. The molecule has 1 saturated heterocycles. The van der Waals surface area contributed by atoms with E-state index >= 15 is 0 Å². The summed E-state index contributed by atoms with van der Waals surface area (Å²) in [6.07, 6.45) is -4.56. The van der Waals surface area contributed by atoms with E-state index in [0.717, 1.165) is 0 Å². The van der Waals surface area contributed by atoms with Gasteiger partial charge in [0.25, 0.3) is 0 Å². The summed E-state index contributed by atoms with van der Waals surface area (Å²) >= 11 is 0. The predicted molar refractivity (Wildman–Crippen MR) is 58.6 cm³/mol. The third kappa shape index (κ3) is 3.89. The van der Waals surface area contributed by atoms with Gasteiger partial charge in [-0.2, -0.15) is 13.2 Å². The summed E-state index contributed by atoms with van der Waals surface area (Å²) in [6, 6.07) is -0.921. The van der Waals surface area contributed by atoms with E-state index in [9.17, 15) is 22.8 Å². The van der Waals surface area contributed by atoms with Crippen LogP contribution in [0.25, 0.3) is 0 Å². The first kappa shape index (κ1) is 14.8. The molecule has 18 heavy (non-hydrogen) atoms. The highest BCUT2D eigenvalue weighted by atomic mass is 19.4. The summed E-state index contributed by atoms with van der Waals surface area (Å²) in [5.41, 5.74) is -0.624. The molecule has 1 rings (SSSR count). The van der Waals surface area contributed by atoms with Gasteiger partial charge in [-0.1, -0.05) is 20.8 Å². The van der Waals surface area contributed by atoms with Crippen molar-refractivity contribution in [2.45, 2.75) is 39.4 Å². The van der Waals surface area contributed by atoms with Gasteiger partial charge in [-0.3, -0.25) is 9.59 Å². The SMILES string of the molecule is CC(C)(C)C1NC(=O)CCN(CC(F)(F)F)C1=O. The Morgan fingerprint density at radius 1 is 1.28 bits per heavy atom. The largest absolute Gasteiger partial charge is 0.406 e. The lowest BCUT2D eigenvalue weighted by atomic mass is 9.86. The number of nitrogens with zero attached hydrogens (tertiary/aromatic N) is 1. The average molecular weight is 266 g/mol. The monoisotopic (exact) mass is 266 g/mol. The Morgan fingerprint density at radius 3 is 2.28 bits per heavy atom. The number of halogens is 3. The molecule has 0 aromatic carbocycles. The van der Waals surface area contributed by atoms with Gasteiger partial charge in [-0.05, 0) is 5.41 Å². The van der Waals surface area contributed by atoms with E-state index in [1.807, 2.05) is 0 Å². The van der Waals surface area contributed by atoms with Crippen molar-refractivity contribution in [1.29, 1.82) is 0 Å². The van der Waals surface area contributed by atoms with Crippen LogP contribution in [0.4, 0.5) is 13.2 Å². The Balaban J connectivity index is 2.94. The molecule has 1 atom stereocenters. The van der Waals surface area contributed by atoms with E-state index in [4.69, 9.17) is 0 Å². The third-order valence-corrected chi connectivity index (χ3v) is 2.71. The van der Waals surface area contributed by atoms with Crippen LogP contribution in [-0.4, -0.2) is 42.0 Å². The molecule has 0 aromatic rings. The van der Waals surface area contributed by atoms with Gasteiger partial charge < -0.3 is 10.2 Å². The minimum Gasteiger partial charge on any atom is -0.344 e. The molecule has 1 N–H and O–H groups in total. The van der Waals surface area contributed by atoms with E-state index in [2.05, 4.69) is 5.32 Å². The lowest BCUT2D eigenvalue weighted by Gasteiger charge is -2.32. The summed E-state index contributed by atoms with van der Waals surface area (Å²) in [7, 11) is 0. The zero-order chi connectivity index (χ0) is 14.1. The smallest absolute Gasteiger partial charge is 0.344 e. The van der Waals surface area contributed by atoms with Crippen molar-refractivity contribution in [2.75, 3.05) is 13.1 Å². The Morgan fingerprint density at radius 2 is 1.83 bits per heavy atom. The van der Waals surface area contributed by atoms with Gasteiger partial charge >= 0.3 is 6.18 Å². The second-order valence-electron chi connectivity index (χ2n) is 5.49. The normalized spacial score (nSPS) is 22.8. The molecule has 1 aliphatic rings. The van der Waals surface area contributed by atoms with Gasteiger partial charge in [0.2, 0.25) is 11.8 Å². The Labute approximate surface area is 104 Å². The molecule has 2 amide bonds. The number of hydrogen-bond donors (Lipinski definition) is 1. The molecular formula is C11H17F3N2O2. The van der Waals surface area contributed by atoms with Crippen LogP contribution < -0.4 is 5.32 Å². The molecule has 0 bridgehead atoms. The van der Waals surface area contributed by atoms with Crippen molar-refractivity contribution in [1.82, 2.24) is 10.2 Å². The van der Waals surface area contributed by atoms with Crippen molar-refractivity contribution in [2.24, 2.45) is 5.41 Å². The highest BCUT2D eigenvalue weighted by molar-refractivity contribution is 5.90. The van der Waals surface area contributed by atoms with Crippen LogP contribution in [0, 0.1) is 5.41 Å². The molecule has 0 aliphatic carbocycles. The topological polar surface area (TPSA) is 49.4 Å². The highest BCUT2D eigenvalue weighted by Crippen LogP contribution is 2.25. The fraction of sp³-hybridized carbons (Fsp3) is 0.818. The molecule has 1 heterocycles.